The molecular formula is C20H23N5O2. The Hall–Kier alpha value is -2.67. The first-order valence-corrected chi connectivity index (χ1v) is 9.35. The number of fused-ring (bicyclic) bond motifs is 1. The van der Waals surface area contributed by atoms with Gasteiger partial charge in [-0.25, -0.2) is 15.0 Å². The predicted octanol–water partition coefficient (Wildman–Crippen LogP) is 3.48. The van der Waals surface area contributed by atoms with Gasteiger partial charge in [0.1, 0.15) is 12.1 Å². The highest BCUT2D eigenvalue weighted by Crippen LogP contribution is 2.39. The van der Waals surface area contributed by atoms with E-state index in [4.69, 9.17) is 9.73 Å². The number of ether oxygens (including phenoxy) is 1. The van der Waals surface area contributed by atoms with Gasteiger partial charge in [0.15, 0.2) is 11.6 Å². The quantitative estimate of drug-likeness (QED) is 0.829. The number of anilines is 1. The fourth-order valence-electron chi connectivity index (χ4n) is 3.99. The van der Waals surface area contributed by atoms with Crippen molar-refractivity contribution in [3.05, 3.63) is 29.8 Å². The van der Waals surface area contributed by atoms with E-state index in [0.29, 0.717) is 23.1 Å². The molecule has 1 saturated carbocycles. The normalized spacial score (nSPS) is 24.7. The molecule has 1 unspecified atom stereocenters. The van der Waals surface area contributed by atoms with Crippen molar-refractivity contribution in [2.24, 2.45) is 25.9 Å². The van der Waals surface area contributed by atoms with E-state index in [9.17, 15) is 4.79 Å². The maximum atomic E-state index is 11.5. The molecule has 7 heteroatoms. The van der Waals surface area contributed by atoms with Crippen molar-refractivity contribution in [2.75, 3.05) is 12.4 Å². The van der Waals surface area contributed by atoms with Crippen LogP contribution in [0, 0.1) is 5.92 Å². The molecule has 0 saturated heterocycles. The standard InChI is InChI=1S/C20H23N5O2/c1-13(26)14-8-10-16(11-9-14)23-19-24-18-17(21-12-22-18)20(25-19,27-2)15-6-4-3-5-7-15/h8-12,15H,3-7H2,1-2H3,(H,23,25). The van der Waals surface area contributed by atoms with E-state index in [-0.39, 0.29) is 11.7 Å². The van der Waals surface area contributed by atoms with E-state index < -0.39 is 5.72 Å². The maximum absolute atomic E-state index is 11.5. The number of nitrogens with one attached hydrogen (secondary N) is 1. The highest BCUT2D eigenvalue weighted by molar-refractivity contribution is 6.51. The Balaban J connectivity index is 1.67. The van der Waals surface area contributed by atoms with Crippen LogP contribution < -0.4 is 5.32 Å². The Morgan fingerprint density at radius 2 is 1.93 bits per heavy atom. The molecule has 1 aliphatic carbocycles. The molecular weight excluding hydrogens is 342 g/mol. The van der Waals surface area contributed by atoms with Gasteiger partial charge in [-0.2, -0.15) is 4.99 Å². The van der Waals surface area contributed by atoms with Crippen molar-refractivity contribution in [3.63, 3.8) is 0 Å². The number of rotatable bonds is 4. The van der Waals surface area contributed by atoms with Gasteiger partial charge in [-0.3, -0.25) is 4.79 Å². The van der Waals surface area contributed by atoms with Crippen LogP contribution in [0.2, 0.25) is 0 Å². The topological polar surface area (TPSA) is 87.8 Å². The molecule has 0 bridgehead atoms. The summed E-state index contributed by atoms with van der Waals surface area (Å²) in [5.41, 5.74) is 1.32. The third-order valence-electron chi connectivity index (χ3n) is 5.42. The van der Waals surface area contributed by atoms with Crippen molar-refractivity contribution >= 4 is 35.3 Å². The van der Waals surface area contributed by atoms with Crippen LogP contribution in [0.3, 0.4) is 0 Å². The monoisotopic (exact) mass is 365 g/mol. The zero-order chi connectivity index (χ0) is 18.9. The fraction of sp³-hybridized carbons (Fsp3) is 0.450. The summed E-state index contributed by atoms with van der Waals surface area (Å²) >= 11 is 0. The van der Waals surface area contributed by atoms with Crippen LogP contribution in [0.1, 0.15) is 49.4 Å². The number of aliphatic imine (C=N–C) groups is 4. The highest BCUT2D eigenvalue weighted by Gasteiger charge is 2.49. The third-order valence-corrected chi connectivity index (χ3v) is 5.42. The number of amidine groups is 1. The van der Waals surface area contributed by atoms with Crippen LogP contribution in [0.25, 0.3) is 0 Å². The minimum atomic E-state index is -0.852. The van der Waals surface area contributed by atoms with Gasteiger partial charge < -0.3 is 10.1 Å². The number of guanidine groups is 1. The second-order valence-electron chi connectivity index (χ2n) is 7.09. The number of carbonyl (C=O) groups is 1. The Kier molecular flexibility index (Phi) is 4.70. The van der Waals surface area contributed by atoms with E-state index >= 15 is 0 Å². The number of ketones is 1. The van der Waals surface area contributed by atoms with Crippen molar-refractivity contribution < 1.29 is 9.53 Å². The molecule has 4 rings (SSSR count). The van der Waals surface area contributed by atoms with Crippen LogP contribution in [0.15, 0.2) is 44.2 Å². The minimum absolute atomic E-state index is 0.0358. The van der Waals surface area contributed by atoms with Gasteiger partial charge >= 0.3 is 0 Å². The van der Waals surface area contributed by atoms with Crippen molar-refractivity contribution in [3.8, 4) is 0 Å². The number of nitrogens with zero attached hydrogens (tertiary/aromatic N) is 4. The van der Waals surface area contributed by atoms with E-state index in [1.807, 2.05) is 12.1 Å². The van der Waals surface area contributed by atoms with Gasteiger partial charge in [-0.1, -0.05) is 19.3 Å². The maximum Gasteiger partial charge on any atom is 0.227 e. The Morgan fingerprint density at radius 3 is 2.59 bits per heavy atom. The number of methoxy groups -OCH3 is 1. The molecule has 1 fully saturated rings. The number of carbonyl (C=O) groups excluding carboxylic acids is 1. The lowest BCUT2D eigenvalue weighted by molar-refractivity contribution is -0.00557. The molecule has 0 radical (unpaired) electrons. The van der Waals surface area contributed by atoms with Gasteiger partial charge in [0.25, 0.3) is 0 Å². The minimum Gasteiger partial charge on any atom is -0.351 e. The number of hydrogen-bond donors (Lipinski definition) is 1. The van der Waals surface area contributed by atoms with Gasteiger partial charge in [0.05, 0.1) is 0 Å². The number of hydrogen-bond acceptors (Lipinski definition) is 7. The summed E-state index contributed by atoms with van der Waals surface area (Å²) in [5, 5.41) is 3.23. The number of benzene rings is 1. The van der Waals surface area contributed by atoms with Crippen LogP contribution >= 0.6 is 0 Å². The van der Waals surface area contributed by atoms with Gasteiger partial charge in [-0.15, -0.1) is 0 Å². The molecule has 27 heavy (non-hydrogen) atoms. The summed E-state index contributed by atoms with van der Waals surface area (Å²) in [4.78, 5) is 29.6. The second-order valence-corrected chi connectivity index (χ2v) is 7.09. The highest BCUT2D eigenvalue weighted by atomic mass is 16.5. The molecule has 2 aliphatic heterocycles. The lowest BCUT2D eigenvalue weighted by Crippen LogP contribution is -2.52. The summed E-state index contributed by atoms with van der Waals surface area (Å²) in [6, 6.07) is 7.26. The lowest BCUT2D eigenvalue weighted by atomic mass is 9.79. The van der Waals surface area contributed by atoms with Crippen LogP contribution in [0.4, 0.5) is 5.69 Å². The van der Waals surface area contributed by atoms with Crippen molar-refractivity contribution in [1.82, 2.24) is 0 Å². The molecule has 1 atom stereocenters. The van der Waals surface area contributed by atoms with Crippen molar-refractivity contribution in [2.45, 2.75) is 44.8 Å². The largest absolute Gasteiger partial charge is 0.351 e. The van der Waals surface area contributed by atoms with E-state index in [1.165, 1.54) is 25.6 Å². The Morgan fingerprint density at radius 1 is 1.19 bits per heavy atom. The SMILES string of the molecule is COC1(C2CCCCC2)N=C(Nc2ccc(C(C)=O)cc2)N=C2N=CN=C21. The average Bonchev–Trinajstić information content (AvgIpc) is 3.17. The molecule has 3 aliphatic rings. The Bertz CT molecular complexity index is 863. The lowest BCUT2D eigenvalue weighted by Gasteiger charge is -2.39. The summed E-state index contributed by atoms with van der Waals surface area (Å²) in [6.45, 7) is 1.55. The summed E-state index contributed by atoms with van der Waals surface area (Å²) in [7, 11) is 1.68. The summed E-state index contributed by atoms with van der Waals surface area (Å²) in [6.07, 6.45) is 7.19. The smallest absolute Gasteiger partial charge is 0.227 e. The van der Waals surface area contributed by atoms with Crippen LogP contribution in [-0.2, 0) is 4.74 Å². The van der Waals surface area contributed by atoms with Gasteiger partial charge in [0, 0.05) is 24.3 Å². The fourth-order valence-corrected chi connectivity index (χ4v) is 3.99. The molecule has 140 valence electrons. The number of Topliss-reactive ketones (excluding diaryl/α,β-unsaturated/α-hetero) is 1. The predicted molar refractivity (Wildman–Crippen MR) is 107 cm³/mol. The third kappa shape index (κ3) is 3.23. The zero-order valence-electron chi connectivity index (χ0n) is 15.6. The van der Waals surface area contributed by atoms with E-state index in [1.54, 1.807) is 26.2 Å². The zero-order valence-corrected chi connectivity index (χ0v) is 15.6. The first-order valence-electron chi connectivity index (χ1n) is 9.35. The van der Waals surface area contributed by atoms with Gasteiger partial charge in [-0.05, 0) is 44.0 Å². The molecule has 7 nitrogen and oxygen atoms in total. The molecule has 1 aromatic rings. The molecule has 2 heterocycles. The van der Waals surface area contributed by atoms with Crippen LogP contribution in [0.5, 0.6) is 0 Å². The van der Waals surface area contributed by atoms with E-state index in [2.05, 4.69) is 20.3 Å². The molecule has 1 N–H and O–H groups in total. The summed E-state index contributed by atoms with van der Waals surface area (Å²) in [5.74, 6) is 1.29. The molecule has 0 spiro atoms. The molecule has 0 aromatic heterocycles. The molecule has 0 amide bonds. The summed E-state index contributed by atoms with van der Waals surface area (Å²) < 4.78 is 5.99. The van der Waals surface area contributed by atoms with Crippen molar-refractivity contribution in [1.29, 1.82) is 0 Å². The first-order chi connectivity index (χ1) is 13.1. The Labute approximate surface area is 158 Å². The second kappa shape index (κ2) is 7.15. The van der Waals surface area contributed by atoms with Gasteiger partial charge in [0.2, 0.25) is 11.7 Å². The van der Waals surface area contributed by atoms with Crippen LogP contribution in [-0.4, -0.2) is 42.5 Å². The average molecular weight is 365 g/mol. The van der Waals surface area contributed by atoms with E-state index in [0.717, 1.165) is 18.5 Å². The first kappa shape index (κ1) is 17.7. The molecule has 1 aromatic carbocycles.